The van der Waals surface area contributed by atoms with Gasteiger partial charge in [-0.15, -0.1) is 0 Å². The first kappa shape index (κ1) is 18.4. The molecule has 1 fully saturated rings. The Balaban J connectivity index is 1.46. The summed E-state index contributed by atoms with van der Waals surface area (Å²) in [4.78, 5) is 27.3. The summed E-state index contributed by atoms with van der Waals surface area (Å²) in [6.07, 6.45) is 5.78. The van der Waals surface area contributed by atoms with Crippen LogP contribution >= 0.6 is 0 Å². The van der Waals surface area contributed by atoms with Crippen molar-refractivity contribution in [3.8, 4) is 0 Å². The molecule has 1 amide bonds. The number of amides is 1. The molecular formula is C24H23N5O. The highest BCUT2D eigenvalue weighted by Crippen LogP contribution is 2.26. The van der Waals surface area contributed by atoms with Crippen molar-refractivity contribution in [2.45, 2.75) is 18.9 Å². The molecular weight excluding hydrogens is 374 g/mol. The third kappa shape index (κ3) is 3.64. The van der Waals surface area contributed by atoms with Gasteiger partial charge < -0.3 is 15.2 Å². The number of nitrogens with one attached hydrogen (secondary N) is 2. The number of H-pyrrole nitrogens is 1. The fraction of sp³-hybridized carbons (Fsp3) is 0.208. The highest BCUT2D eigenvalue weighted by Gasteiger charge is 2.20. The Labute approximate surface area is 175 Å². The van der Waals surface area contributed by atoms with Gasteiger partial charge in [-0.05, 0) is 48.2 Å². The van der Waals surface area contributed by atoms with Crippen LogP contribution in [0.3, 0.4) is 0 Å². The summed E-state index contributed by atoms with van der Waals surface area (Å²) in [7, 11) is 0. The van der Waals surface area contributed by atoms with Crippen LogP contribution in [0.4, 0.5) is 5.69 Å². The SMILES string of the molecule is O=C(NC(c1ccccc1)c1ccc2nc[nH]c2c1)c1cc(N2CCCC2)ccn1. The lowest BCUT2D eigenvalue weighted by atomic mass is 9.98. The monoisotopic (exact) mass is 397 g/mol. The first-order valence-electron chi connectivity index (χ1n) is 10.3. The zero-order valence-electron chi connectivity index (χ0n) is 16.6. The third-order valence-corrected chi connectivity index (χ3v) is 5.63. The van der Waals surface area contributed by atoms with Gasteiger partial charge in [0.1, 0.15) is 5.69 Å². The minimum absolute atomic E-state index is 0.186. The number of nitrogens with zero attached hydrogens (tertiary/aromatic N) is 3. The molecule has 0 saturated carbocycles. The highest BCUT2D eigenvalue weighted by molar-refractivity contribution is 5.93. The largest absolute Gasteiger partial charge is 0.371 e. The predicted octanol–water partition coefficient (Wildman–Crippen LogP) is 4.08. The number of aromatic nitrogens is 3. The van der Waals surface area contributed by atoms with Crippen molar-refractivity contribution in [2.24, 2.45) is 0 Å². The van der Waals surface area contributed by atoms with E-state index in [1.54, 1.807) is 12.5 Å². The van der Waals surface area contributed by atoms with Crippen LogP contribution in [-0.2, 0) is 0 Å². The Hall–Kier alpha value is -3.67. The van der Waals surface area contributed by atoms with Gasteiger partial charge in [-0.3, -0.25) is 9.78 Å². The molecule has 1 atom stereocenters. The number of pyridine rings is 1. The van der Waals surface area contributed by atoms with Crippen LogP contribution in [0.1, 0.15) is 40.5 Å². The smallest absolute Gasteiger partial charge is 0.270 e. The lowest BCUT2D eigenvalue weighted by molar-refractivity contribution is 0.0938. The second kappa shape index (κ2) is 7.99. The van der Waals surface area contributed by atoms with E-state index in [0.717, 1.165) is 40.9 Å². The van der Waals surface area contributed by atoms with E-state index in [1.807, 2.05) is 60.7 Å². The molecule has 1 aliphatic rings. The molecule has 6 heteroatoms. The second-order valence-corrected chi connectivity index (χ2v) is 7.59. The zero-order chi connectivity index (χ0) is 20.3. The molecule has 4 aromatic rings. The maximum atomic E-state index is 13.2. The van der Waals surface area contributed by atoms with Crippen molar-refractivity contribution in [2.75, 3.05) is 18.0 Å². The van der Waals surface area contributed by atoms with Crippen molar-refractivity contribution >= 4 is 22.6 Å². The van der Waals surface area contributed by atoms with Gasteiger partial charge in [-0.2, -0.15) is 0 Å². The fourth-order valence-electron chi connectivity index (χ4n) is 4.06. The van der Waals surface area contributed by atoms with Crippen LogP contribution in [0, 0.1) is 0 Å². The lowest BCUT2D eigenvalue weighted by Crippen LogP contribution is -2.30. The Morgan fingerprint density at radius 3 is 2.63 bits per heavy atom. The number of imidazole rings is 1. The maximum absolute atomic E-state index is 13.2. The number of fused-ring (bicyclic) bond motifs is 1. The van der Waals surface area contributed by atoms with Crippen molar-refractivity contribution in [1.82, 2.24) is 20.3 Å². The summed E-state index contributed by atoms with van der Waals surface area (Å²) in [6, 6.07) is 19.6. The van der Waals surface area contributed by atoms with Gasteiger partial charge in [0, 0.05) is 25.0 Å². The third-order valence-electron chi connectivity index (χ3n) is 5.63. The van der Waals surface area contributed by atoms with E-state index in [4.69, 9.17) is 0 Å². The van der Waals surface area contributed by atoms with Crippen molar-refractivity contribution < 1.29 is 4.79 Å². The molecule has 1 aliphatic heterocycles. The number of hydrogen-bond acceptors (Lipinski definition) is 4. The number of benzene rings is 2. The van der Waals surface area contributed by atoms with Crippen LogP contribution in [0.25, 0.3) is 11.0 Å². The van der Waals surface area contributed by atoms with Crippen LogP contribution in [0.5, 0.6) is 0 Å². The van der Waals surface area contributed by atoms with E-state index in [1.165, 1.54) is 12.8 Å². The van der Waals surface area contributed by atoms with Crippen LogP contribution in [0.15, 0.2) is 73.2 Å². The second-order valence-electron chi connectivity index (χ2n) is 7.59. The van der Waals surface area contributed by atoms with Crippen LogP contribution in [0.2, 0.25) is 0 Å². The number of rotatable bonds is 5. The summed E-state index contributed by atoms with van der Waals surface area (Å²) in [5.74, 6) is -0.186. The zero-order valence-corrected chi connectivity index (χ0v) is 16.6. The van der Waals surface area contributed by atoms with Crippen molar-refractivity contribution in [3.63, 3.8) is 0 Å². The standard InChI is InChI=1S/C24H23N5O/c30-24(22-15-19(10-11-25-22)29-12-4-5-13-29)28-23(17-6-2-1-3-7-17)18-8-9-20-21(14-18)27-16-26-20/h1-3,6-11,14-16,23H,4-5,12-13H2,(H,26,27)(H,28,30). The Bertz CT molecular complexity index is 1160. The Morgan fingerprint density at radius 1 is 0.967 bits per heavy atom. The van der Waals surface area contributed by atoms with Crippen molar-refractivity contribution in [1.29, 1.82) is 0 Å². The van der Waals surface area contributed by atoms with E-state index in [2.05, 4.69) is 25.2 Å². The molecule has 1 unspecified atom stereocenters. The summed E-state index contributed by atoms with van der Waals surface area (Å²) in [5, 5.41) is 3.19. The summed E-state index contributed by atoms with van der Waals surface area (Å²) in [5.41, 5.74) is 5.34. The molecule has 2 N–H and O–H groups in total. The van der Waals surface area contributed by atoms with Gasteiger partial charge in [-0.1, -0.05) is 36.4 Å². The normalized spacial score (nSPS) is 14.7. The van der Waals surface area contributed by atoms with E-state index in [-0.39, 0.29) is 11.9 Å². The van der Waals surface area contributed by atoms with Gasteiger partial charge in [-0.25, -0.2) is 4.98 Å². The molecule has 2 aromatic carbocycles. The number of aromatic amines is 1. The van der Waals surface area contributed by atoms with Gasteiger partial charge in [0.15, 0.2) is 0 Å². The topological polar surface area (TPSA) is 73.9 Å². The van der Waals surface area contributed by atoms with Crippen molar-refractivity contribution in [3.05, 3.63) is 90.0 Å². The van der Waals surface area contributed by atoms with Gasteiger partial charge in [0.25, 0.3) is 5.91 Å². The first-order chi connectivity index (χ1) is 14.8. The summed E-state index contributed by atoms with van der Waals surface area (Å²) >= 11 is 0. The maximum Gasteiger partial charge on any atom is 0.270 e. The molecule has 5 rings (SSSR count). The quantitative estimate of drug-likeness (QED) is 0.532. The lowest BCUT2D eigenvalue weighted by Gasteiger charge is -2.21. The first-order valence-corrected chi connectivity index (χ1v) is 10.3. The molecule has 0 radical (unpaired) electrons. The van der Waals surface area contributed by atoms with Crippen LogP contribution < -0.4 is 10.2 Å². The molecule has 150 valence electrons. The molecule has 0 bridgehead atoms. The molecule has 1 saturated heterocycles. The average molecular weight is 397 g/mol. The van der Waals surface area contributed by atoms with Gasteiger partial charge in [0.05, 0.1) is 23.4 Å². The van der Waals surface area contributed by atoms with E-state index >= 15 is 0 Å². The van der Waals surface area contributed by atoms with Crippen LogP contribution in [-0.4, -0.2) is 33.9 Å². The summed E-state index contributed by atoms with van der Waals surface area (Å²) in [6.45, 7) is 2.06. The average Bonchev–Trinajstić information content (AvgIpc) is 3.49. The van der Waals surface area contributed by atoms with E-state index < -0.39 is 0 Å². The van der Waals surface area contributed by atoms with E-state index in [9.17, 15) is 4.79 Å². The Morgan fingerprint density at radius 2 is 1.80 bits per heavy atom. The minimum Gasteiger partial charge on any atom is -0.371 e. The fourth-order valence-corrected chi connectivity index (χ4v) is 4.06. The predicted molar refractivity (Wildman–Crippen MR) is 118 cm³/mol. The number of carbonyl (C=O) groups is 1. The number of carbonyl (C=O) groups excluding carboxylic acids is 1. The van der Waals surface area contributed by atoms with Gasteiger partial charge in [0.2, 0.25) is 0 Å². The van der Waals surface area contributed by atoms with E-state index in [0.29, 0.717) is 5.69 Å². The molecule has 2 aromatic heterocycles. The van der Waals surface area contributed by atoms with Gasteiger partial charge >= 0.3 is 0 Å². The Kier molecular flexibility index (Phi) is 4.89. The molecule has 6 nitrogen and oxygen atoms in total. The molecule has 0 spiro atoms. The highest BCUT2D eigenvalue weighted by atomic mass is 16.1. The molecule has 3 heterocycles. The molecule has 0 aliphatic carbocycles. The minimum atomic E-state index is -0.288. The number of anilines is 1. The summed E-state index contributed by atoms with van der Waals surface area (Å²) < 4.78 is 0. The number of hydrogen-bond donors (Lipinski definition) is 2. The molecule has 30 heavy (non-hydrogen) atoms.